The fraction of sp³-hybridized carbons (Fsp3) is 0.333. The van der Waals surface area contributed by atoms with Crippen LogP contribution in [-0.2, 0) is 6.54 Å². The molecule has 6 heteroatoms. The molecular formula is C24H26ClN3O2. The average Bonchev–Trinajstić information content (AvgIpc) is 2.75. The maximum absolute atomic E-state index is 12.8. The van der Waals surface area contributed by atoms with Gasteiger partial charge in [0.05, 0.1) is 6.54 Å². The van der Waals surface area contributed by atoms with Crippen molar-refractivity contribution in [3.05, 3.63) is 64.7 Å². The fourth-order valence-electron chi connectivity index (χ4n) is 3.61. The zero-order valence-corrected chi connectivity index (χ0v) is 17.9. The first-order valence-electron chi connectivity index (χ1n) is 10.1. The normalized spacial score (nSPS) is 15.9. The summed E-state index contributed by atoms with van der Waals surface area (Å²) >= 11 is 6.21. The van der Waals surface area contributed by atoms with E-state index in [1.54, 1.807) is 30.3 Å². The van der Waals surface area contributed by atoms with Gasteiger partial charge in [0.25, 0.3) is 5.91 Å². The van der Waals surface area contributed by atoms with Crippen molar-refractivity contribution in [2.75, 3.05) is 18.4 Å². The van der Waals surface area contributed by atoms with E-state index in [9.17, 15) is 9.59 Å². The zero-order valence-electron chi connectivity index (χ0n) is 17.1. The van der Waals surface area contributed by atoms with Gasteiger partial charge in [-0.2, -0.15) is 0 Å². The van der Waals surface area contributed by atoms with Crippen LogP contribution in [0.15, 0.2) is 48.5 Å². The number of rotatable bonds is 5. The Morgan fingerprint density at radius 1 is 1.20 bits per heavy atom. The molecule has 2 aromatic rings. The van der Waals surface area contributed by atoms with Crippen LogP contribution in [0.3, 0.4) is 0 Å². The van der Waals surface area contributed by atoms with E-state index in [1.807, 2.05) is 23.1 Å². The highest BCUT2D eigenvalue weighted by Crippen LogP contribution is 2.21. The number of piperidine rings is 1. The summed E-state index contributed by atoms with van der Waals surface area (Å²) in [6.45, 7) is 3.34. The van der Waals surface area contributed by atoms with Crippen LogP contribution >= 0.6 is 11.6 Å². The quantitative estimate of drug-likeness (QED) is 0.686. The molecule has 1 N–H and O–H groups in total. The Morgan fingerprint density at radius 3 is 2.60 bits per heavy atom. The average molecular weight is 424 g/mol. The van der Waals surface area contributed by atoms with E-state index >= 15 is 0 Å². The summed E-state index contributed by atoms with van der Waals surface area (Å²) < 4.78 is 0. The Kier molecular flexibility index (Phi) is 7.37. The van der Waals surface area contributed by atoms with E-state index in [1.165, 1.54) is 4.90 Å². The van der Waals surface area contributed by atoms with Gasteiger partial charge < -0.3 is 15.1 Å². The van der Waals surface area contributed by atoms with E-state index in [0.717, 1.165) is 31.4 Å². The number of nitrogens with zero attached hydrogens (tertiary/aromatic N) is 2. The van der Waals surface area contributed by atoms with Crippen LogP contribution < -0.4 is 5.32 Å². The number of likely N-dealkylation sites (tertiary alicyclic amines) is 1. The first kappa shape index (κ1) is 21.7. The van der Waals surface area contributed by atoms with Gasteiger partial charge in [-0.05, 0) is 62.1 Å². The third kappa shape index (κ3) is 5.34. The van der Waals surface area contributed by atoms with Gasteiger partial charge >= 0.3 is 6.03 Å². The Hall–Kier alpha value is -2.97. The molecule has 1 aliphatic rings. The maximum atomic E-state index is 12.8. The summed E-state index contributed by atoms with van der Waals surface area (Å²) in [6, 6.07) is 14.3. The van der Waals surface area contributed by atoms with E-state index in [2.05, 4.69) is 18.2 Å². The van der Waals surface area contributed by atoms with Gasteiger partial charge in [0.2, 0.25) is 0 Å². The predicted octanol–water partition coefficient (Wildman–Crippen LogP) is 5.02. The smallest absolute Gasteiger partial charge is 0.322 e. The summed E-state index contributed by atoms with van der Waals surface area (Å²) in [7, 11) is 0. The topological polar surface area (TPSA) is 52.7 Å². The molecule has 3 amide bonds. The van der Waals surface area contributed by atoms with E-state index < -0.39 is 0 Å². The Balaban J connectivity index is 1.65. The van der Waals surface area contributed by atoms with Gasteiger partial charge in [-0.1, -0.05) is 35.7 Å². The van der Waals surface area contributed by atoms with Crippen molar-refractivity contribution in [2.24, 2.45) is 0 Å². The number of anilines is 1. The molecule has 0 spiro atoms. The van der Waals surface area contributed by atoms with Crippen molar-refractivity contribution in [1.29, 1.82) is 0 Å². The number of hydrogen-bond donors (Lipinski definition) is 1. The lowest BCUT2D eigenvalue weighted by atomic mass is 10.0. The first-order chi connectivity index (χ1) is 14.5. The number of halogens is 1. The number of carbonyl (C=O) groups excluding carboxylic acids is 2. The van der Waals surface area contributed by atoms with Crippen LogP contribution in [-0.4, -0.2) is 40.9 Å². The van der Waals surface area contributed by atoms with Gasteiger partial charge in [-0.15, -0.1) is 6.42 Å². The number of carbonyl (C=O) groups is 2. The van der Waals surface area contributed by atoms with Gasteiger partial charge in [-0.3, -0.25) is 4.79 Å². The molecule has 1 atom stereocenters. The summed E-state index contributed by atoms with van der Waals surface area (Å²) in [5.41, 5.74) is 2.05. The maximum Gasteiger partial charge on any atom is 0.322 e. The van der Waals surface area contributed by atoms with Gasteiger partial charge in [-0.25, -0.2) is 4.79 Å². The third-order valence-corrected chi connectivity index (χ3v) is 5.70. The Labute approximate surface area is 183 Å². The highest BCUT2D eigenvalue weighted by atomic mass is 35.5. The number of amides is 3. The summed E-state index contributed by atoms with van der Waals surface area (Å²) in [4.78, 5) is 28.9. The van der Waals surface area contributed by atoms with Crippen molar-refractivity contribution in [2.45, 2.75) is 38.8 Å². The largest absolute Gasteiger partial charge is 0.336 e. The molecule has 1 unspecified atom stereocenters. The Bertz CT molecular complexity index is 936. The number of hydrogen-bond acceptors (Lipinski definition) is 2. The molecule has 156 valence electrons. The SMILES string of the molecule is C#CCN(Cc1ccccc1Cl)C(=O)Nc1ccc(C(=O)N2CCCCC2C)cc1. The van der Waals surface area contributed by atoms with E-state index in [0.29, 0.717) is 22.8 Å². The summed E-state index contributed by atoms with van der Waals surface area (Å²) in [5, 5.41) is 3.43. The molecule has 0 radical (unpaired) electrons. The molecule has 2 aromatic carbocycles. The van der Waals surface area contributed by atoms with Crippen LogP contribution in [0, 0.1) is 12.3 Å². The van der Waals surface area contributed by atoms with E-state index in [4.69, 9.17) is 18.0 Å². The molecule has 1 heterocycles. The zero-order chi connectivity index (χ0) is 21.5. The lowest BCUT2D eigenvalue weighted by Crippen LogP contribution is -2.42. The van der Waals surface area contributed by atoms with E-state index in [-0.39, 0.29) is 24.5 Å². The van der Waals surface area contributed by atoms with Gasteiger partial charge in [0, 0.05) is 35.4 Å². The standard InChI is InChI=1S/C24H26ClN3O2/c1-3-15-27(17-20-9-4-5-10-22(20)25)24(30)26-21-13-11-19(12-14-21)23(29)28-16-7-6-8-18(28)2/h1,4-5,9-14,18H,6-8,15-17H2,2H3,(H,26,30). The predicted molar refractivity (Wildman–Crippen MR) is 121 cm³/mol. The number of urea groups is 1. The van der Waals surface area contributed by atoms with Crippen molar-refractivity contribution in [3.63, 3.8) is 0 Å². The second kappa shape index (κ2) is 10.2. The number of benzene rings is 2. The number of nitrogens with one attached hydrogen (secondary N) is 1. The Morgan fingerprint density at radius 2 is 1.93 bits per heavy atom. The van der Waals surface area contributed by atoms with Gasteiger partial charge in [0.1, 0.15) is 0 Å². The molecule has 1 fully saturated rings. The molecule has 0 saturated carbocycles. The highest BCUT2D eigenvalue weighted by Gasteiger charge is 2.24. The fourth-order valence-corrected chi connectivity index (χ4v) is 3.80. The van der Waals surface area contributed by atoms with Crippen LogP contribution in [0.4, 0.5) is 10.5 Å². The van der Waals surface area contributed by atoms with Crippen molar-refractivity contribution in [3.8, 4) is 12.3 Å². The molecule has 0 aromatic heterocycles. The molecule has 5 nitrogen and oxygen atoms in total. The number of terminal acetylenes is 1. The van der Waals surface area contributed by atoms with Crippen LogP contribution in [0.5, 0.6) is 0 Å². The molecular weight excluding hydrogens is 398 g/mol. The lowest BCUT2D eigenvalue weighted by Gasteiger charge is -2.33. The monoisotopic (exact) mass is 423 g/mol. The first-order valence-corrected chi connectivity index (χ1v) is 10.5. The minimum atomic E-state index is -0.323. The highest BCUT2D eigenvalue weighted by molar-refractivity contribution is 6.31. The van der Waals surface area contributed by atoms with Crippen molar-refractivity contribution < 1.29 is 9.59 Å². The molecule has 1 saturated heterocycles. The third-order valence-electron chi connectivity index (χ3n) is 5.34. The van der Waals surface area contributed by atoms with Crippen molar-refractivity contribution in [1.82, 2.24) is 9.80 Å². The second-order valence-corrected chi connectivity index (χ2v) is 7.91. The van der Waals surface area contributed by atoms with Crippen LogP contribution in [0.2, 0.25) is 5.02 Å². The molecule has 30 heavy (non-hydrogen) atoms. The van der Waals surface area contributed by atoms with Gasteiger partial charge in [0.15, 0.2) is 0 Å². The molecule has 1 aliphatic heterocycles. The van der Waals surface area contributed by atoms with Crippen molar-refractivity contribution >= 4 is 29.2 Å². The summed E-state index contributed by atoms with van der Waals surface area (Å²) in [6.07, 6.45) is 8.69. The lowest BCUT2D eigenvalue weighted by molar-refractivity contribution is 0.0635. The minimum absolute atomic E-state index is 0.0350. The molecule has 0 aliphatic carbocycles. The van der Waals surface area contributed by atoms with Crippen LogP contribution in [0.25, 0.3) is 0 Å². The minimum Gasteiger partial charge on any atom is -0.336 e. The summed E-state index contributed by atoms with van der Waals surface area (Å²) in [5.74, 6) is 2.55. The second-order valence-electron chi connectivity index (χ2n) is 7.50. The molecule has 3 rings (SSSR count). The van der Waals surface area contributed by atoms with Crippen LogP contribution in [0.1, 0.15) is 42.1 Å². The molecule has 0 bridgehead atoms.